The number of para-hydroxylation sites is 1. The maximum absolute atomic E-state index is 14.3. The highest BCUT2D eigenvalue weighted by Gasteiger charge is 2.35. The number of carbonyl (C=O) groups is 1. The number of nitrogens with zero attached hydrogens (tertiary/aromatic N) is 3. The fourth-order valence-corrected chi connectivity index (χ4v) is 5.90. The molecule has 7 nitrogen and oxygen atoms in total. The summed E-state index contributed by atoms with van der Waals surface area (Å²) in [5.74, 6) is 1.03. The second-order valence-electron chi connectivity index (χ2n) is 10.7. The first-order valence-corrected chi connectivity index (χ1v) is 15.3. The zero-order valence-electron chi connectivity index (χ0n) is 24.7. The fraction of sp³-hybridized carbons (Fsp3) is 0.171. The minimum absolute atomic E-state index is 0.248. The zero-order chi connectivity index (χ0) is 30.6. The number of anilines is 2. The molecule has 0 aliphatic carbocycles. The van der Waals surface area contributed by atoms with Crippen LogP contribution >= 0.6 is 11.8 Å². The molecule has 1 atom stereocenters. The van der Waals surface area contributed by atoms with Crippen molar-refractivity contribution in [1.82, 2.24) is 14.8 Å². The number of fused-ring (bicyclic) bond motifs is 1. The molecule has 0 saturated carbocycles. The Labute approximate surface area is 260 Å². The van der Waals surface area contributed by atoms with Crippen LogP contribution in [0.1, 0.15) is 40.8 Å². The molecular weight excluding hydrogens is 573 g/mol. The SMILES string of the molecule is CC1=C(C(=O)Nc2ccccc2C)C(c2cccc(OCc3ccc(C)cc3)c2)n2nc(SCc3ccccc3F)nc2N1. The Hall–Kier alpha value is -4.89. The Morgan fingerprint density at radius 1 is 0.977 bits per heavy atom. The normalized spacial score (nSPS) is 14.1. The van der Waals surface area contributed by atoms with E-state index in [1.54, 1.807) is 16.8 Å². The summed E-state index contributed by atoms with van der Waals surface area (Å²) in [4.78, 5) is 18.7. The molecule has 0 radical (unpaired) electrons. The van der Waals surface area contributed by atoms with E-state index in [1.165, 1.54) is 23.4 Å². The highest BCUT2D eigenvalue weighted by molar-refractivity contribution is 7.98. The number of allylic oxidation sites excluding steroid dienone is 1. The van der Waals surface area contributed by atoms with Crippen LogP contribution in [0, 0.1) is 19.7 Å². The molecule has 1 amide bonds. The van der Waals surface area contributed by atoms with E-state index in [0.29, 0.717) is 46.0 Å². The van der Waals surface area contributed by atoms with Gasteiger partial charge in [-0.15, -0.1) is 5.10 Å². The minimum atomic E-state index is -0.589. The topological polar surface area (TPSA) is 81.1 Å². The summed E-state index contributed by atoms with van der Waals surface area (Å²) in [6.07, 6.45) is 0. The second kappa shape index (κ2) is 12.8. The average Bonchev–Trinajstić information content (AvgIpc) is 3.43. The summed E-state index contributed by atoms with van der Waals surface area (Å²) in [6.45, 7) is 6.29. The first kappa shape index (κ1) is 29.2. The third-order valence-corrected chi connectivity index (χ3v) is 8.37. The van der Waals surface area contributed by atoms with E-state index in [0.717, 1.165) is 22.4 Å². The highest BCUT2D eigenvalue weighted by Crippen LogP contribution is 2.38. The summed E-state index contributed by atoms with van der Waals surface area (Å²) in [5, 5.41) is 11.6. The molecule has 0 spiro atoms. The lowest BCUT2D eigenvalue weighted by molar-refractivity contribution is -0.113. The van der Waals surface area contributed by atoms with E-state index >= 15 is 0 Å². The number of carbonyl (C=O) groups excluding carboxylic acids is 1. The van der Waals surface area contributed by atoms with Gasteiger partial charge in [-0.3, -0.25) is 4.79 Å². The highest BCUT2D eigenvalue weighted by atomic mass is 32.2. The van der Waals surface area contributed by atoms with E-state index < -0.39 is 6.04 Å². The predicted octanol–water partition coefficient (Wildman–Crippen LogP) is 7.83. The maximum Gasteiger partial charge on any atom is 0.255 e. The monoisotopic (exact) mass is 605 g/mol. The van der Waals surface area contributed by atoms with Crippen molar-refractivity contribution >= 4 is 29.3 Å². The molecule has 2 heterocycles. The quantitative estimate of drug-likeness (QED) is 0.167. The number of rotatable bonds is 9. The number of aromatic nitrogens is 3. The summed E-state index contributed by atoms with van der Waals surface area (Å²) in [6, 6.07) is 29.7. The van der Waals surface area contributed by atoms with Gasteiger partial charge in [0, 0.05) is 17.1 Å². The summed E-state index contributed by atoms with van der Waals surface area (Å²) < 4.78 is 22.2. The van der Waals surface area contributed by atoms with Crippen molar-refractivity contribution in [2.75, 3.05) is 10.6 Å². The lowest BCUT2D eigenvalue weighted by atomic mass is 9.94. The van der Waals surface area contributed by atoms with Gasteiger partial charge >= 0.3 is 0 Å². The molecule has 0 bridgehead atoms. The number of halogens is 1. The number of thioether (sulfide) groups is 1. The molecule has 222 valence electrons. The second-order valence-corrected chi connectivity index (χ2v) is 11.7. The predicted molar refractivity (Wildman–Crippen MR) is 172 cm³/mol. The number of hydrogen-bond acceptors (Lipinski definition) is 6. The lowest BCUT2D eigenvalue weighted by Gasteiger charge is -2.29. The van der Waals surface area contributed by atoms with E-state index in [9.17, 15) is 9.18 Å². The van der Waals surface area contributed by atoms with Gasteiger partial charge in [0.2, 0.25) is 11.1 Å². The standard InChI is InChI=1S/C35H32FN5O2S/c1-22-15-17-25(18-16-22)20-43-28-12-8-11-26(19-28)32-31(33(42)38-30-14-7-4-9-23(30)2)24(3)37-34-39-35(40-41(32)34)44-21-27-10-5-6-13-29(27)36/h4-19,32H,20-21H2,1-3H3,(H,38,42)(H,37,39,40). The molecule has 6 rings (SSSR count). The minimum Gasteiger partial charge on any atom is -0.489 e. The number of aryl methyl sites for hydroxylation is 2. The van der Waals surface area contributed by atoms with Gasteiger partial charge in [0.15, 0.2) is 0 Å². The fourth-order valence-electron chi connectivity index (χ4n) is 5.08. The van der Waals surface area contributed by atoms with Crippen LogP contribution in [0.15, 0.2) is 113 Å². The van der Waals surface area contributed by atoms with Crippen molar-refractivity contribution in [3.05, 3.63) is 142 Å². The third kappa shape index (κ3) is 6.38. The van der Waals surface area contributed by atoms with E-state index in [4.69, 9.17) is 14.8 Å². The average molecular weight is 606 g/mol. The van der Waals surface area contributed by atoms with Crippen LogP contribution in [0.25, 0.3) is 0 Å². The summed E-state index contributed by atoms with van der Waals surface area (Å²) >= 11 is 1.34. The van der Waals surface area contributed by atoms with Crippen molar-refractivity contribution in [2.24, 2.45) is 0 Å². The molecule has 5 aromatic rings. The van der Waals surface area contributed by atoms with Crippen LogP contribution in [-0.4, -0.2) is 20.7 Å². The van der Waals surface area contributed by atoms with Crippen molar-refractivity contribution in [2.45, 2.75) is 44.3 Å². The summed E-state index contributed by atoms with van der Waals surface area (Å²) in [7, 11) is 0. The van der Waals surface area contributed by atoms with Crippen LogP contribution in [0.5, 0.6) is 5.75 Å². The van der Waals surface area contributed by atoms with Crippen LogP contribution in [0.4, 0.5) is 16.0 Å². The molecule has 4 aromatic carbocycles. The van der Waals surface area contributed by atoms with Crippen LogP contribution < -0.4 is 15.4 Å². The molecule has 9 heteroatoms. The largest absolute Gasteiger partial charge is 0.489 e. The van der Waals surface area contributed by atoms with Crippen LogP contribution in [0.3, 0.4) is 0 Å². The van der Waals surface area contributed by atoms with Gasteiger partial charge in [-0.05, 0) is 67.3 Å². The number of amides is 1. The van der Waals surface area contributed by atoms with Gasteiger partial charge in [-0.2, -0.15) is 4.98 Å². The smallest absolute Gasteiger partial charge is 0.255 e. The molecule has 0 saturated heterocycles. The maximum atomic E-state index is 14.3. The number of benzene rings is 4. The Kier molecular flexibility index (Phi) is 8.47. The Morgan fingerprint density at radius 2 is 1.75 bits per heavy atom. The molecule has 2 N–H and O–H groups in total. The first-order chi connectivity index (χ1) is 21.4. The van der Waals surface area contributed by atoms with Crippen LogP contribution in [-0.2, 0) is 17.2 Å². The molecule has 1 aliphatic heterocycles. The van der Waals surface area contributed by atoms with E-state index in [2.05, 4.69) is 29.7 Å². The molecule has 1 aromatic heterocycles. The Bertz CT molecular complexity index is 1850. The van der Waals surface area contributed by atoms with Gasteiger partial charge in [-0.1, -0.05) is 90.1 Å². The summed E-state index contributed by atoms with van der Waals surface area (Å²) in [5.41, 5.74) is 6.50. The van der Waals surface area contributed by atoms with Gasteiger partial charge in [0.05, 0.1) is 5.57 Å². The van der Waals surface area contributed by atoms with Crippen molar-refractivity contribution in [1.29, 1.82) is 0 Å². The van der Waals surface area contributed by atoms with Crippen molar-refractivity contribution < 1.29 is 13.9 Å². The van der Waals surface area contributed by atoms with E-state index in [-0.39, 0.29) is 11.7 Å². The number of ether oxygens (including phenoxy) is 1. The number of nitrogens with one attached hydrogen (secondary N) is 2. The molecule has 1 aliphatic rings. The van der Waals surface area contributed by atoms with Crippen molar-refractivity contribution in [3.63, 3.8) is 0 Å². The Balaban J connectivity index is 1.33. The number of hydrogen-bond donors (Lipinski definition) is 2. The molecular formula is C35H32FN5O2S. The third-order valence-electron chi connectivity index (χ3n) is 7.49. The first-order valence-electron chi connectivity index (χ1n) is 14.3. The zero-order valence-corrected chi connectivity index (χ0v) is 25.5. The van der Waals surface area contributed by atoms with E-state index in [1.807, 2.05) is 80.6 Å². The van der Waals surface area contributed by atoms with Gasteiger partial charge in [-0.25, -0.2) is 9.07 Å². The molecule has 1 unspecified atom stereocenters. The van der Waals surface area contributed by atoms with Gasteiger partial charge in [0.1, 0.15) is 24.2 Å². The van der Waals surface area contributed by atoms with Gasteiger partial charge < -0.3 is 15.4 Å². The lowest BCUT2D eigenvalue weighted by Crippen LogP contribution is -2.31. The van der Waals surface area contributed by atoms with Crippen LogP contribution in [0.2, 0.25) is 0 Å². The molecule has 0 fully saturated rings. The van der Waals surface area contributed by atoms with Crippen molar-refractivity contribution in [3.8, 4) is 5.75 Å². The Morgan fingerprint density at radius 3 is 2.55 bits per heavy atom. The molecule has 44 heavy (non-hydrogen) atoms. The van der Waals surface area contributed by atoms with Gasteiger partial charge in [0.25, 0.3) is 5.91 Å².